The van der Waals surface area contributed by atoms with Crippen LogP contribution in [0.25, 0.3) is 21.7 Å². The Bertz CT molecular complexity index is 964. The second kappa shape index (κ2) is 7.54. The van der Waals surface area contributed by atoms with Crippen molar-refractivity contribution in [3.05, 3.63) is 52.8 Å². The minimum Gasteiger partial charge on any atom is -0.461 e. The fourth-order valence-electron chi connectivity index (χ4n) is 3.13. The number of nitriles is 1. The van der Waals surface area contributed by atoms with Crippen LogP contribution in [0.3, 0.4) is 0 Å². The molecule has 3 rings (SSSR count). The van der Waals surface area contributed by atoms with Crippen molar-refractivity contribution < 1.29 is 9.53 Å². The highest BCUT2D eigenvalue weighted by atomic mass is 32.1. The van der Waals surface area contributed by atoms with Crippen LogP contribution in [-0.2, 0) is 18.2 Å². The van der Waals surface area contributed by atoms with Crippen molar-refractivity contribution in [2.24, 2.45) is 7.05 Å². The van der Waals surface area contributed by atoms with E-state index in [1.54, 1.807) is 36.1 Å². The number of nitrogens with zero attached hydrogens (tertiary/aromatic N) is 3. The summed E-state index contributed by atoms with van der Waals surface area (Å²) >= 11 is 1.57. The highest BCUT2D eigenvalue weighted by molar-refractivity contribution is 7.13. The fraction of sp³-hybridized carbons (Fsp3) is 0.250. The van der Waals surface area contributed by atoms with Crippen molar-refractivity contribution in [3.8, 4) is 27.8 Å². The molecule has 0 saturated carbocycles. The first-order valence-corrected chi connectivity index (χ1v) is 9.29. The van der Waals surface area contributed by atoms with Crippen LogP contribution in [0.4, 0.5) is 0 Å². The van der Waals surface area contributed by atoms with Gasteiger partial charge in [0.25, 0.3) is 0 Å². The molecule has 0 radical (unpaired) electrons. The van der Waals surface area contributed by atoms with E-state index in [2.05, 4.69) is 11.1 Å². The van der Waals surface area contributed by atoms with Crippen LogP contribution in [0, 0.1) is 11.3 Å². The number of carbonyl (C=O) groups excluding carboxylic acids is 1. The zero-order chi connectivity index (χ0) is 18.7. The lowest BCUT2D eigenvalue weighted by Crippen LogP contribution is -2.12. The Morgan fingerprint density at radius 2 is 1.96 bits per heavy atom. The molecule has 2 heterocycles. The lowest BCUT2D eigenvalue weighted by molar-refractivity contribution is 0.0516. The van der Waals surface area contributed by atoms with Crippen molar-refractivity contribution in [1.29, 1.82) is 5.26 Å². The minimum atomic E-state index is -0.412. The summed E-state index contributed by atoms with van der Waals surface area (Å²) in [6.45, 7) is 4.03. The van der Waals surface area contributed by atoms with Crippen LogP contribution in [-0.4, -0.2) is 22.1 Å². The molecule has 0 spiro atoms. The van der Waals surface area contributed by atoms with E-state index in [9.17, 15) is 10.1 Å². The van der Waals surface area contributed by atoms with E-state index in [0.717, 1.165) is 21.8 Å². The molecule has 0 fully saturated rings. The first-order valence-electron chi connectivity index (χ1n) is 8.41. The van der Waals surface area contributed by atoms with Gasteiger partial charge in [0.05, 0.1) is 12.2 Å². The number of hydrogen-bond acceptors (Lipinski definition) is 5. The quantitative estimate of drug-likeness (QED) is 0.628. The third-order valence-corrected chi connectivity index (χ3v) is 5.11. The molecule has 0 N–H and O–H groups in total. The average Bonchev–Trinajstić information content (AvgIpc) is 3.27. The first-order chi connectivity index (χ1) is 12.6. The van der Waals surface area contributed by atoms with E-state index >= 15 is 0 Å². The fourth-order valence-corrected chi connectivity index (χ4v) is 3.78. The van der Waals surface area contributed by atoms with Crippen molar-refractivity contribution in [2.45, 2.75) is 20.3 Å². The molecule has 6 heteroatoms. The van der Waals surface area contributed by atoms with Gasteiger partial charge >= 0.3 is 5.97 Å². The van der Waals surface area contributed by atoms with Crippen LogP contribution in [0.1, 0.15) is 35.6 Å². The molecule has 5 nitrogen and oxygen atoms in total. The third kappa shape index (κ3) is 3.02. The van der Waals surface area contributed by atoms with Crippen molar-refractivity contribution >= 4 is 17.3 Å². The van der Waals surface area contributed by atoms with E-state index in [-0.39, 0.29) is 6.61 Å². The Hall–Kier alpha value is -2.91. The van der Waals surface area contributed by atoms with Crippen LogP contribution in [0.2, 0.25) is 0 Å². The molecule has 0 amide bonds. The molecule has 26 heavy (non-hydrogen) atoms. The first kappa shape index (κ1) is 17.9. The average molecular weight is 365 g/mol. The number of thiazole rings is 1. The topological polar surface area (TPSA) is 67.9 Å². The highest BCUT2D eigenvalue weighted by Gasteiger charge is 2.26. The van der Waals surface area contributed by atoms with Gasteiger partial charge in [-0.2, -0.15) is 5.26 Å². The van der Waals surface area contributed by atoms with Gasteiger partial charge in [-0.3, -0.25) is 0 Å². The van der Waals surface area contributed by atoms with Crippen LogP contribution in [0.15, 0.2) is 35.8 Å². The predicted octanol–water partition coefficient (Wildman–Crippen LogP) is 4.43. The number of ether oxygens (including phenoxy) is 1. The number of aromatic nitrogens is 2. The smallest absolute Gasteiger partial charge is 0.355 e. The Labute approximate surface area is 156 Å². The molecule has 132 valence electrons. The highest BCUT2D eigenvalue weighted by Crippen LogP contribution is 2.34. The molecule has 0 saturated heterocycles. The second-order valence-corrected chi connectivity index (χ2v) is 6.60. The minimum absolute atomic E-state index is 0.287. The number of hydrogen-bond donors (Lipinski definition) is 0. The molecule has 0 atom stereocenters. The maximum absolute atomic E-state index is 12.5. The molecule has 0 unspecified atom stereocenters. The van der Waals surface area contributed by atoms with Crippen molar-refractivity contribution in [3.63, 3.8) is 0 Å². The van der Waals surface area contributed by atoms with E-state index < -0.39 is 5.97 Å². The largest absolute Gasteiger partial charge is 0.461 e. The van der Waals surface area contributed by atoms with Crippen LogP contribution >= 0.6 is 11.3 Å². The molecule has 3 aromatic rings. The molecule has 2 aromatic heterocycles. The number of esters is 1. The Balaban J connectivity index is 2.17. The van der Waals surface area contributed by atoms with Gasteiger partial charge in [-0.25, -0.2) is 9.78 Å². The van der Waals surface area contributed by atoms with E-state index in [1.165, 1.54) is 0 Å². The monoisotopic (exact) mass is 365 g/mol. The summed E-state index contributed by atoms with van der Waals surface area (Å²) in [5.41, 5.74) is 4.24. The Morgan fingerprint density at radius 1 is 1.27 bits per heavy atom. The van der Waals surface area contributed by atoms with E-state index in [1.807, 2.05) is 36.6 Å². The van der Waals surface area contributed by atoms with Crippen molar-refractivity contribution in [1.82, 2.24) is 9.55 Å². The van der Waals surface area contributed by atoms with Gasteiger partial charge in [-0.15, -0.1) is 11.3 Å². The molecule has 0 aliphatic rings. The molecular formula is C20H19N3O2S. The van der Waals surface area contributed by atoms with E-state index in [4.69, 9.17) is 4.74 Å². The van der Waals surface area contributed by atoms with Gasteiger partial charge < -0.3 is 9.30 Å². The summed E-state index contributed by atoms with van der Waals surface area (Å²) in [5, 5.41) is 12.6. The SMILES string of the molecule is CCOC(=O)c1c(-c2ccc(-c3nccs3)cc2)c(C#N)c(CC)n1C. The van der Waals surface area contributed by atoms with Gasteiger partial charge in [-0.1, -0.05) is 31.2 Å². The van der Waals surface area contributed by atoms with Gasteiger partial charge in [0.2, 0.25) is 0 Å². The van der Waals surface area contributed by atoms with Gasteiger partial charge in [-0.05, 0) is 18.9 Å². The zero-order valence-electron chi connectivity index (χ0n) is 14.9. The van der Waals surface area contributed by atoms with Gasteiger partial charge in [0.1, 0.15) is 16.8 Å². The summed E-state index contributed by atoms with van der Waals surface area (Å²) in [5.74, 6) is -0.412. The second-order valence-electron chi connectivity index (χ2n) is 5.70. The third-order valence-electron chi connectivity index (χ3n) is 4.28. The summed E-state index contributed by atoms with van der Waals surface area (Å²) in [6, 6.07) is 10.0. The van der Waals surface area contributed by atoms with E-state index in [0.29, 0.717) is 23.2 Å². The van der Waals surface area contributed by atoms with Gasteiger partial charge in [0.15, 0.2) is 0 Å². The normalized spacial score (nSPS) is 10.5. The Kier molecular flexibility index (Phi) is 5.19. The lowest BCUT2D eigenvalue weighted by Gasteiger charge is -2.08. The number of benzene rings is 1. The summed E-state index contributed by atoms with van der Waals surface area (Å²) in [6.07, 6.45) is 2.42. The number of carbonyl (C=O) groups is 1. The summed E-state index contributed by atoms with van der Waals surface area (Å²) in [4.78, 5) is 16.9. The molecule has 1 aromatic carbocycles. The maximum Gasteiger partial charge on any atom is 0.355 e. The van der Waals surface area contributed by atoms with Crippen LogP contribution in [0.5, 0.6) is 0 Å². The molecule has 0 aliphatic carbocycles. The number of rotatable bonds is 5. The van der Waals surface area contributed by atoms with Gasteiger partial charge in [0, 0.05) is 35.4 Å². The summed E-state index contributed by atoms with van der Waals surface area (Å²) in [7, 11) is 1.80. The maximum atomic E-state index is 12.5. The predicted molar refractivity (Wildman–Crippen MR) is 102 cm³/mol. The lowest BCUT2D eigenvalue weighted by atomic mass is 9.99. The molecule has 0 aliphatic heterocycles. The zero-order valence-corrected chi connectivity index (χ0v) is 15.8. The standard InChI is InChI=1S/C20H19N3O2S/c1-4-16-15(12-21)17(18(23(16)3)20(24)25-5-2)13-6-8-14(9-7-13)19-22-10-11-26-19/h6-11H,4-5H2,1-3H3. The van der Waals surface area contributed by atoms with Crippen molar-refractivity contribution in [2.75, 3.05) is 6.61 Å². The summed E-state index contributed by atoms with van der Waals surface area (Å²) < 4.78 is 7.01. The molecule has 0 bridgehead atoms. The van der Waals surface area contributed by atoms with Crippen LogP contribution < -0.4 is 0 Å². The Morgan fingerprint density at radius 3 is 2.50 bits per heavy atom. The molecular weight excluding hydrogens is 346 g/mol.